The van der Waals surface area contributed by atoms with Crippen LogP contribution >= 0.6 is 11.3 Å². The number of carbonyl (C=O) groups is 1. The van der Waals surface area contributed by atoms with Crippen LogP contribution in [0.25, 0.3) is 6.08 Å². The van der Waals surface area contributed by atoms with Gasteiger partial charge in [0.05, 0.1) is 42.7 Å². The summed E-state index contributed by atoms with van der Waals surface area (Å²) < 4.78 is 24.6. The Balaban J connectivity index is 1.91. The van der Waals surface area contributed by atoms with Gasteiger partial charge < -0.3 is 18.9 Å². The van der Waals surface area contributed by atoms with Crippen LogP contribution in [0.3, 0.4) is 0 Å². The highest BCUT2D eigenvalue weighted by atomic mass is 32.1. The van der Waals surface area contributed by atoms with Crippen molar-refractivity contribution in [2.45, 2.75) is 40.2 Å². The zero-order valence-corrected chi connectivity index (χ0v) is 23.1. The van der Waals surface area contributed by atoms with Gasteiger partial charge in [-0.15, -0.1) is 0 Å². The second kappa shape index (κ2) is 12.1. The number of thiazole rings is 1. The Kier molecular flexibility index (Phi) is 8.68. The number of fused-ring (bicyclic) bond motifs is 1. The SMILES string of the molecule is CCCOc1ccc(C=c2sc3n(c2=O)[C@H](c2cccc(OC)c2OCC)C(C(=O)OCC)=C(C)N=3)cc1. The first kappa shape index (κ1) is 27.2. The average molecular weight is 537 g/mol. The van der Waals surface area contributed by atoms with Crippen molar-refractivity contribution >= 4 is 23.4 Å². The number of allylic oxidation sites excluding steroid dienone is 1. The normalized spacial score (nSPS) is 15.1. The summed E-state index contributed by atoms with van der Waals surface area (Å²) in [5.41, 5.74) is 1.99. The monoisotopic (exact) mass is 536 g/mol. The molecule has 0 bridgehead atoms. The van der Waals surface area contributed by atoms with Gasteiger partial charge in [0.25, 0.3) is 5.56 Å². The summed E-state index contributed by atoms with van der Waals surface area (Å²) in [6.45, 7) is 8.64. The van der Waals surface area contributed by atoms with Crippen LogP contribution in [0.4, 0.5) is 0 Å². The van der Waals surface area contributed by atoms with Crippen molar-refractivity contribution in [3.8, 4) is 17.2 Å². The van der Waals surface area contributed by atoms with Crippen molar-refractivity contribution in [2.75, 3.05) is 26.9 Å². The molecule has 3 aromatic rings. The zero-order valence-electron chi connectivity index (χ0n) is 22.3. The van der Waals surface area contributed by atoms with Crippen molar-refractivity contribution in [1.82, 2.24) is 4.57 Å². The Labute approximate surface area is 225 Å². The Bertz CT molecular complexity index is 1520. The molecule has 4 rings (SSSR count). The molecule has 200 valence electrons. The maximum Gasteiger partial charge on any atom is 0.338 e. The molecule has 38 heavy (non-hydrogen) atoms. The number of para-hydroxylation sites is 1. The third-order valence-corrected chi connectivity index (χ3v) is 6.96. The first-order valence-corrected chi connectivity index (χ1v) is 13.5. The highest BCUT2D eigenvalue weighted by Gasteiger charge is 2.35. The Morgan fingerprint density at radius 1 is 1.08 bits per heavy atom. The van der Waals surface area contributed by atoms with Gasteiger partial charge in [0.1, 0.15) is 11.8 Å². The molecule has 0 saturated carbocycles. The summed E-state index contributed by atoms with van der Waals surface area (Å²) in [5, 5.41) is 0. The molecule has 1 atom stereocenters. The summed E-state index contributed by atoms with van der Waals surface area (Å²) in [4.78, 5) is 32.2. The number of hydrogen-bond donors (Lipinski definition) is 0. The van der Waals surface area contributed by atoms with Crippen LogP contribution in [-0.4, -0.2) is 37.5 Å². The van der Waals surface area contributed by atoms with Crippen LogP contribution in [0.1, 0.15) is 51.3 Å². The van der Waals surface area contributed by atoms with Crippen molar-refractivity contribution in [2.24, 2.45) is 4.99 Å². The fraction of sp³-hybridized carbons (Fsp3) is 0.345. The van der Waals surface area contributed by atoms with Crippen molar-refractivity contribution in [3.05, 3.63) is 84.5 Å². The van der Waals surface area contributed by atoms with Crippen LogP contribution in [0.2, 0.25) is 0 Å². The van der Waals surface area contributed by atoms with Crippen molar-refractivity contribution in [1.29, 1.82) is 0 Å². The van der Waals surface area contributed by atoms with E-state index >= 15 is 0 Å². The van der Waals surface area contributed by atoms with E-state index < -0.39 is 12.0 Å². The van der Waals surface area contributed by atoms with Crippen LogP contribution in [0.15, 0.2) is 63.5 Å². The standard InChI is InChI=1S/C29H32N2O6S/c1-6-16-37-20-14-12-19(13-15-20)17-23-27(32)31-25(21-10-9-11-22(34-5)26(21)35-7-2)24(28(33)36-8-3)18(4)30-29(31)38-23/h9-15,17,25H,6-8,16H2,1-5H3/t25-/m1/s1. The van der Waals surface area contributed by atoms with Gasteiger partial charge in [-0.1, -0.05) is 42.5 Å². The number of methoxy groups -OCH3 is 1. The van der Waals surface area contributed by atoms with Crippen molar-refractivity contribution in [3.63, 3.8) is 0 Å². The van der Waals surface area contributed by atoms with Gasteiger partial charge in [-0.05, 0) is 57.0 Å². The maximum atomic E-state index is 13.9. The molecule has 0 fully saturated rings. The molecule has 0 unspecified atom stereocenters. The molecule has 1 aromatic heterocycles. The molecule has 0 saturated heterocycles. The summed E-state index contributed by atoms with van der Waals surface area (Å²) in [5.74, 6) is 1.23. The van der Waals surface area contributed by atoms with E-state index in [-0.39, 0.29) is 17.7 Å². The van der Waals surface area contributed by atoms with E-state index in [0.717, 1.165) is 17.7 Å². The third kappa shape index (κ3) is 5.38. The van der Waals surface area contributed by atoms with E-state index in [1.165, 1.54) is 11.3 Å². The van der Waals surface area contributed by atoms with Gasteiger partial charge in [0.2, 0.25) is 0 Å². The highest BCUT2D eigenvalue weighted by molar-refractivity contribution is 7.07. The fourth-order valence-corrected chi connectivity index (χ4v) is 5.37. The number of benzene rings is 2. The predicted octanol–water partition coefficient (Wildman–Crippen LogP) is 3.99. The van der Waals surface area contributed by atoms with Crippen LogP contribution in [0, 0.1) is 0 Å². The molecule has 0 radical (unpaired) electrons. The molecular weight excluding hydrogens is 504 g/mol. The van der Waals surface area contributed by atoms with E-state index in [9.17, 15) is 9.59 Å². The number of esters is 1. The first-order chi connectivity index (χ1) is 18.4. The number of nitrogens with zero attached hydrogens (tertiary/aromatic N) is 2. The fourth-order valence-electron chi connectivity index (χ4n) is 4.33. The minimum Gasteiger partial charge on any atom is -0.494 e. The number of ether oxygens (including phenoxy) is 4. The molecule has 1 aliphatic heterocycles. The van der Waals surface area contributed by atoms with Gasteiger partial charge in [0.15, 0.2) is 16.3 Å². The van der Waals surface area contributed by atoms with E-state index in [4.69, 9.17) is 18.9 Å². The van der Waals surface area contributed by atoms with E-state index in [0.29, 0.717) is 45.3 Å². The second-order valence-corrected chi connectivity index (χ2v) is 9.54. The minimum atomic E-state index is -0.797. The smallest absolute Gasteiger partial charge is 0.338 e. The van der Waals surface area contributed by atoms with Gasteiger partial charge in [-0.2, -0.15) is 0 Å². The minimum absolute atomic E-state index is 0.196. The number of hydrogen-bond acceptors (Lipinski definition) is 8. The number of carbonyl (C=O) groups excluding carboxylic acids is 1. The second-order valence-electron chi connectivity index (χ2n) is 8.53. The van der Waals surface area contributed by atoms with Crippen molar-refractivity contribution < 1.29 is 23.7 Å². The lowest BCUT2D eigenvalue weighted by Crippen LogP contribution is -2.40. The molecule has 2 aromatic carbocycles. The first-order valence-electron chi connectivity index (χ1n) is 12.7. The molecule has 0 amide bonds. The van der Waals surface area contributed by atoms with E-state index in [2.05, 4.69) is 11.9 Å². The summed E-state index contributed by atoms with van der Waals surface area (Å²) in [6, 6.07) is 12.2. The number of aromatic nitrogens is 1. The third-order valence-electron chi connectivity index (χ3n) is 5.98. The maximum absolute atomic E-state index is 13.9. The van der Waals surface area contributed by atoms with Gasteiger partial charge in [-0.25, -0.2) is 9.79 Å². The summed E-state index contributed by atoms with van der Waals surface area (Å²) in [6.07, 6.45) is 2.75. The number of rotatable bonds is 10. The van der Waals surface area contributed by atoms with Gasteiger partial charge >= 0.3 is 5.97 Å². The highest BCUT2D eigenvalue weighted by Crippen LogP contribution is 2.40. The molecule has 1 aliphatic rings. The molecule has 8 nitrogen and oxygen atoms in total. The molecule has 0 N–H and O–H groups in total. The Morgan fingerprint density at radius 3 is 2.50 bits per heavy atom. The topological polar surface area (TPSA) is 88.3 Å². The molecule has 9 heteroatoms. The lowest BCUT2D eigenvalue weighted by molar-refractivity contribution is -0.139. The van der Waals surface area contributed by atoms with Crippen LogP contribution in [-0.2, 0) is 9.53 Å². The van der Waals surface area contributed by atoms with Crippen LogP contribution < -0.4 is 29.1 Å². The lowest BCUT2D eigenvalue weighted by atomic mass is 9.94. The molecule has 2 heterocycles. The Hall–Kier alpha value is -3.85. The van der Waals surface area contributed by atoms with E-state index in [1.54, 1.807) is 31.6 Å². The molecule has 0 aliphatic carbocycles. The van der Waals surface area contributed by atoms with Crippen LogP contribution in [0.5, 0.6) is 17.2 Å². The predicted molar refractivity (Wildman–Crippen MR) is 147 cm³/mol. The summed E-state index contributed by atoms with van der Waals surface area (Å²) >= 11 is 1.27. The van der Waals surface area contributed by atoms with Gasteiger partial charge in [-0.3, -0.25) is 9.36 Å². The Morgan fingerprint density at radius 2 is 1.84 bits per heavy atom. The van der Waals surface area contributed by atoms with Gasteiger partial charge in [0, 0.05) is 5.56 Å². The largest absolute Gasteiger partial charge is 0.494 e. The quantitative estimate of drug-likeness (QED) is 0.364. The lowest BCUT2D eigenvalue weighted by Gasteiger charge is -2.26. The summed E-state index contributed by atoms with van der Waals surface area (Å²) in [7, 11) is 1.55. The molecule has 0 spiro atoms. The zero-order chi connectivity index (χ0) is 27.2. The average Bonchev–Trinajstić information content (AvgIpc) is 3.22. The van der Waals surface area contributed by atoms with E-state index in [1.807, 2.05) is 49.4 Å². The molecular formula is C29H32N2O6S.